The van der Waals surface area contributed by atoms with Gasteiger partial charge in [0, 0.05) is 20.2 Å². The highest BCUT2D eigenvalue weighted by Crippen LogP contribution is 2.25. The molecule has 2 rings (SSSR count). The summed E-state index contributed by atoms with van der Waals surface area (Å²) in [6.07, 6.45) is 0. The lowest BCUT2D eigenvalue weighted by Crippen LogP contribution is -2.20. The Hall–Kier alpha value is -1.24. The predicted molar refractivity (Wildman–Crippen MR) is 84.3 cm³/mol. The number of hydrogen-bond acceptors (Lipinski definition) is 3. The van der Waals surface area contributed by atoms with E-state index >= 15 is 0 Å². The minimum Gasteiger partial charge on any atom is -0.383 e. The maximum atomic E-state index is 13.5. The van der Waals surface area contributed by atoms with E-state index < -0.39 is 0 Å². The van der Waals surface area contributed by atoms with Crippen molar-refractivity contribution in [1.29, 1.82) is 0 Å². The van der Waals surface area contributed by atoms with Crippen LogP contribution in [0.4, 0.5) is 4.39 Å². The van der Waals surface area contributed by atoms with Crippen molar-refractivity contribution in [3.63, 3.8) is 0 Å². The molecule has 1 heterocycles. The quantitative estimate of drug-likeness (QED) is 0.809. The summed E-state index contributed by atoms with van der Waals surface area (Å²) >= 11 is 3.52. The number of rotatable bonds is 6. The van der Waals surface area contributed by atoms with E-state index in [9.17, 15) is 4.39 Å². The first-order chi connectivity index (χ1) is 10.0. The molecule has 4 nitrogen and oxygen atoms in total. The molecule has 2 aromatic rings. The Morgan fingerprint density at radius 2 is 2.14 bits per heavy atom. The maximum Gasteiger partial charge on any atom is 0.123 e. The first kappa shape index (κ1) is 16.1. The van der Waals surface area contributed by atoms with Crippen molar-refractivity contribution < 1.29 is 9.13 Å². The number of hydrogen-bond donors (Lipinski definition) is 1. The van der Waals surface area contributed by atoms with Crippen LogP contribution < -0.4 is 5.32 Å². The van der Waals surface area contributed by atoms with Crippen molar-refractivity contribution in [3.8, 4) is 5.69 Å². The second-order valence-electron chi connectivity index (χ2n) is 4.84. The number of nitrogens with zero attached hydrogens (tertiary/aromatic N) is 2. The second kappa shape index (κ2) is 7.15. The normalized spacial score (nSPS) is 11.1. The molecule has 1 N–H and O–H groups in total. The molecule has 0 fully saturated rings. The first-order valence-electron chi connectivity index (χ1n) is 6.74. The number of aromatic nitrogens is 2. The Morgan fingerprint density at radius 1 is 1.38 bits per heavy atom. The highest BCUT2D eigenvalue weighted by molar-refractivity contribution is 9.10. The molecule has 0 bridgehead atoms. The Bertz CT molecular complexity index is 628. The summed E-state index contributed by atoms with van der Waals surface area (Å²) in [6.45, 7) is 5.82. The van der Waals surface area contributed by atoms with Crippen LogP contribution in [0.25, 0.3) is 5.69 Å². The number of methoxy groups -OCH3 is 1. The van der Waals surface area contributed by atoms with Crippen molar-refractivity contribution in [2.24, 2.45) is 0 Å². The molecule has 0 radical (unpaired) electrons. The highest BCUT2D eigenvalue weighted by Gasteiger charge is 2.13. The fourth-order valence-corrected chi connectivity index (χ4v) is 2.41. The van der Waals surface area contributed by atoms with Crippen molar-refractivity contribution in [3.05, 3.63) is 45.4 Å². The molecule has 0 aliphatic rings. The fraction of sp³-hybridized carbons (Fsp3) is 0.400. The van der Waals surface area contributed by atoms with E-state index in [0.717, 1.165) is 27.1 Å². The molecule has 0 aliphatic heterocycles. The average molecular weight is 356 g/mol. The fourth-order valence-electron chi connectivity index (χ4n) is 2.16. The third-order valence-electron chi connectivity index (χ3n) is 3.27. The van der Waals surface area contributed by atoms with Gasteiger partial charge in [-0.2, -0.15) is 5.10 Å². The van der Waals surface area contributed by atoms with Gasteiger partial charge in [0.1, 0.15) is 5.82 Å². The lowest BCUT2D eigenvalue weighted by molar-refractivity contribution is 0.199. The molecule has 0 aliphatic carbocycles. The van der Waals surface area contributed by atoms with E-state index in [1.54, 1.807) is 19.2 Å². The van der Waals surface area contributed by atoms with Gasteiger partial charge in [-0.1, -0.05) is 0 Å². The Labute approximate surface area is 132 Å². The SMILES string of the molecule is COCCNCc1cc(F)ccc1-n1nc(C)c(Br)c1C. The van der Waals surface area contributed by atoms with Gasteiger partial charge in [-0.05, 0) is 53.5 Å². The zero-order valence-corrected chi connectivity index (χ0v) is 14.0. The van der Waals surface area contributed by atoms with Crippen LogP contribution in [0.15, 0.2) is 22.7 Å². The van der Waals surface area contributed by atoms with E-state index in [1.807, 2.05) is 18.5 Å². The molecule has 0 atom stereocenters. The minimum atomic E-state index is -0.247. The summed E-state index contributed by atoms with van der Waals surface area (Å²) in [5.41, 5.74) is 3.66. The maximum absolute atomic E-state index is 13.5. The largest absolute Gasteiger partial charge is 0.383 e. The van der Waals surface area contributed by atoms with Crippen LogP contribution in [0, 0.1) is 19.7 Å². The monoisotopic (exact) mass is 355 g/mol. The Kier molecular flexibility index (Phi) is 5.50. The molecule has 0 amide bonds. The topological polar surface area (TPSA) is 39.1 Å². The number of aryl methyl sites for hydroxylation is 1. The molecule has 0 saturated carbocycles. The minimum absolute atomic E-state index is 0.247. The average Bonchev–Trinajstić information content (AvgIpc) is 2.71. The van der Waals surface area contributed by atoms with Crippen LogP contribution in [0.5, 0.6) is 0 Å². The van der Waals surface area contributed by atoms with Gasteiger partial charge in [-0.25, -0.2) is 9.07 Å². The van der Waals surface area contributed by atoms with Gasteiger partial charge in [0.15, 0.2) is 0 Å². The van der Waals surface area contributed by atoms with Crippen molar-refractivity contribution in [1.82, 2.24) is 15.1 Å². The molecule has 114 valence electrons. The van der Waals surface area contributed by atoms with Gasteiger partial charge in [-0.3, -0.25) is 0 Å². The third kappa shape index (κ3) is 3.70. The van der Waals surface area contributed by atoms with Crippen LogP contribution in [0.1, 0.15) is 17.0 Å². The first-order valence-corrected chi connectivity index (χ1v) is 7.54. The molecule has 1 aromatic carbocycles. The van der Waals surface area contributed by atoms with Crippen LogP contribution in [0.2, 0.25) is 0 Å². The van der Waals surface area contributed by atoms with Crippen LogP contribution >= 0.6 is 15.9 Å². The van der Waals surface area contributed by atoms with E-state index in [2.05, 4.69) is 26.3 Å². The van der Waals surface area contributed by atoms with Gasteiger partial charge in [0.2, 0.25) is 0 Å². The van der Waals surface area contributed by atoms with Crippen molar-refractivity contribution in [2.75, 3.05) is 20.3 Å². The number of ether oxygens (including phenoxy) is 1. The van der Waals surface area contributed by atoms with Crippen LogP contribution in [-0.2, 0) is 11.3 Å². The summed E-state index contributed by atoms with van der Waals surface area (Å²) in [4.78, 5) is 0. The lowest BCUT2D eigenvalue weighted by Gasteiger charge is -2.12. The Morgan fingerprint density at radius 3 is 2.76 bits per heavy atom. The molecular formula is C15H19BrFN3O. The van der Waals surface area contributed by atoms with Gasteiger partial charge in [0.25, 0.3) is 0 Å². The van der Waals surface area contributed by atoms with Gasteiger partial charge >= 0.3 is 0 Å². The number of nitrogens with one attached hydrogen (secondary N) is 1. The van der Waals surface area contributed by atoms with Gasteiger partial charge < -0.3 is 10.1 Å². The van der Waals surface area contributed by atoms with Gasteiger partial charge in [0.05, 0.1) is 28.2 Å². The summed E-state index contributed by atoms with van der Waals surface area (Å²) in [7, 11) is 1.66. The van der Waals surface area contributed by atoms with E-state index in [4.69, 9.17) is 4.74 Å². The van der Waals surface area contributed by atoms with Crippen molar-refractivity contribution >= 4 is 15.9 Å². The summed E-state index contributed by atoms with van der Waals surface area (Å²) < 4.78 is 21.3. The summed E-state index contributed by atoms with van der Waals surface area (Å²) in [6, 6.07) is 4.76. The van der Waals surface area contributed by atoms with Crippen LogP contribution in [0.3, 0.4) is 0 Å². The summed E-state index contributed by atoms with van der Waals surface area (Å²) in [5.74, 6) is -0.247. The molecule has 21 heavy (non-hydrogen) atoms. The van der Waals surface area contributed by atoms with E-state index in [1.165, 1.54) is 6.07 Å². The second-order valence-corrected chi connectivity index (χ2v) is 5.63. The molecular weight excluding hydrogens is 337 g/mol. The third-order valence-corrected chi connectivity index (χ3v) is 4.42. The zero-order chi connectivity index (χ0) is 15.4. The van der Waals surface area contributed by atoms with E-state index in [-0.39, 0.29) is 5.82 Å². The van der Waals surface area contributed by atoms with Crippen LogP contribution in [-0.4, -0.2) is 30.0 Å². The number of benzene rings is 1. The van der Waals surface area contributed by atoms with Crippen molar-refractivity contribution in [2.45, 2.75) is 20.4 Å². The molecule has 0 saturated heterocycles. The predicted octanol–water partition coefficient (Wildman–Crippen LogP) is 3.13. The highest BCUT2D eigenvalue weighted by atomic mass is 79.9. The smallest absolute Gasteiger partial charge is 0.123 e. The van der Waals surface area contributed by atoms with Gasteiger partial charge in [-0.15, -0.1) is 0 Å². The number of halogens is 2. The lowest BCUT2D eigenvalue weighted by atomic mass is 10.1. The standard InChI is InChI=1S/C15H19BrFN3O/c1-10-15(16)11(2)20(19-10)14-5-4-13(17)8-12(14)9-18-6-7-21-3/h4-5,8,18H,6-7,9H2,1-3H3. The zero-order valence-electron chi connectivity index (χ0n) is 12.4. The molecule has 0 unspecified atom stereocenters. The molecule has 0 spiro atoms. The molecule has 1 aromatic heterocycles. The molecule has 6 heteroatoms. The summed E-state index contributed by atoms with van der Waals surface area (Å²) in [5, 5.41) is 7.75. The Balaban J connectivity index is 2.32. The van der Waals surface area contributed by atoms with E-state index in [0.29, 0.717) is 19.7 Å².